The Labute approximate surface area is 175 Å². The Bertz CT molecular complexity index is 1140. The van der Waals surface area contributed by atoms with Crippen molar-refractivity contribution in [3.63, 3.8) is 0 Å². The molecular formula is C21H17N3O3S2. The number of thiazole rings is 1. The van der Waals surface area contributed by atoms with Gasteiger partial charge in [-0.2, -0.15) is 0 Å². The van der Waals surface area contributed by atoms with E-state index in [-0.39, 0.29) is 11.8 Å². The molecule has 0 bridgehead atoms. The Morgan fingerprint density at radius 3 is 2.69 bits per heavy atom. The van der Waals surface area contributed by atoms with Crippen LogP contribution in [0.3, 0.4) is 0 Å². The molecule has 0 radical (unpaired) electrons. The molecule has 0 aliphatic rings. The minimum atomic E-state index is -0.189. The maximum absolute atomic E-state index is 12.8. The summed E-state index contributed by atoms with van der Waals surface area (Å²) in [6, 6.07) is 15.3. The molecule has 0 atom stereocenters. The average molecular weight is 424 g/mol. The van der Waals surface area contributed by atoms with Gasteiger partial charge in [-0.3, -0.25) is 14.9 Å². The molecule has 6 nitrogen and oxygen atoms in total. The second kappa shape index (κ2) is 8.42. The van der Waals surface area contributed by atoms with E-state index in [1.54, 1.807) is 12.1 Å². The van der Waals surface area contributed by atoms with Gasteiger partial charge in [-0.1, -0.05) is 30.3 Å². The second-order valence-corrected chi connectivity index (χ2v) is 7.97. The van der Waals surface area contributed by atoms with Crippen molar-refractivity contribution in [1.82, 2.24) is 10.3 Å². The van der Waals surface area contributed by atoms with E-state index in [0.29, 0.717) is 33.8 Å². The van der Waals surface area contributed by atoms with Gasteiger partial charge in [0.2, 0.25) is 5.91 Å². The van der Waals surface area contributed by atoms with Crippen LogP contribution in [0.4, 0.5) is 5.13 Å². The predicted molar refractivity (Wildman–Crippen MR) is 115 cm³/mol. The summed E-state index contributed by atoms with van der Waals surface area (Å²) in [6.07, 6.45) is 0. The van der Waals surface area contributed by atoms with Crippen molar-refractivity contribution < 1.29 is 14.0 Å². The van der Waals surface area contributed by atoms with Gasteiger partial charge in [0.05, 0.1) is 6.54 Å². The summed E-state index contributed by atoms with van der Waals surface area (Å²) >= 11 is 2.73. The van der Waals surface area contributed by atoms with E-state index < -0.39 is 0 Å². The summed E-state index contributed by atoms with van der Waals surface area (Å²) in [6.45, 7) is 1.78. The van der Waals surface area contributed by atoms with Crippen molar-refractivity contribution in [1.29, 1.82) is 0 Å². The molecule has 8 heteroatoms. The van der Waals surface area contributed by atoms with Crippen LogP contribution in [0.5, 0.6) is 0 Å². The number of nitrogens with zero attached hydrogens (tertiary/aromatic N) is 1. The van der Waals surface area contributed by atoms with Crippen LogP contribution in [0.1, 0.15) is 22.4 Å². The molecule has 2 amide bonds. The molecule has 0 aliphatic carbocycles. The Balaban J connectivity index is 1.47. The van der Waals surface area contributed by atoms with E-state index in [9.17, 15) is 9.59 Å². The third kappa shape index (κ3) is 4.44. The molecule has 0 fully saturated rings. The standard InChI is InChI=1S/C21H17N3O3S2/c1-13(25)22-11-15-7-8-18(27-15)17-12-29-21(23-17)24-20(26)19-16(9-10-28-19)14-5-3-2-4-6-14/h2-10,12H,11H2,1H3,(H,22,25)(H,23,24,26). The highest BCUT2D eigenvalue weighted by Gasteiger charge is 2.17. The zero-order valence-electron chi connectivity index (χ0n) is 15.5. The van der Waals surface area contributed by atoms with Gasteiger partial charge in [0.15, 0.2) is 10.9 Å². The molecule has 2 N–H and O–H groups in total. The first-order valence-corrected chi connectivity index (χ1v) is 10.6. The van der Waals surface area contributed by atoms with Crippen LogP contribution in [0.15, 0.2) is 63.7 Å². The number of thiophene rings is 1. The summed E-state index contributed by atoms with van der Waals surface area (Å²) in [4.78, 5) is 28.9. The number of aromatic nitrogens is 1. The van der Waals surface area contributed by atoms with Gasteiger partial charge in [0.1, 0.15) is 16.3 Å². The summed E-state index contributed by atoms with van der Waals surface area (Å²) in [5.41, 5.74) is 2.54. The molecule has 29 heavy (non-hydrogen) atoms. The zero-order valence-corrected chi connectivity index (χ0v) is 17.1. The Kier molecular flexibility index (Phi) is 5.55. The smallest absolute Gasteiger partial charge is 0.268 e. The highest BCUT2D eigenvalue weighted by molar-refractivity contribution is 7.15. The SMILES string of the molecule is CC(=O)NCc1ccc(-c2csc(NC(=O)c3sccc3-c3ccccc3)n2)o1. The molecule has 0 saturated carbocycles. The number of rotatable bonds is 6. The average Bonchev–Trinajstić information content (AvgIpc) is 3.47. The molecule has 1 aromatic carbocycles. The molecule has 3 aromatic heterocycles. The van der Waals surface area contributed by atoms with Crippen LogP contribution in [-0.2, 0) is 11.3 Å². The van der Waals surface area contributed by atoms with E-state index >= 15 is 0 Å². The van der Waals surface area contributed by atoms with Gasteiger partial charge < -0.3 is 9.73 Å². The first-order valence-electron chi connectivity index (χ1n) is 8.83. The van der Waals surface area contributed by atoms with E-state index in [1.807, 2.05) is 47.2 Å². The van der Waals surface area contributed by atoms with Gasteiger partial charge in [-0.25, -0.2) is 4.98 Å². The highest BCUT2D eigenvalue weighted by atomic mass is 32.1. The number of nitrogens with one attached hydrogen (secondary N) is 2. The Hall–Kier alpha value is -3.23. The molecule has 4 aromatic rings. The normalized spacial score (nSPS) is 10.7. The van der Waals surface area contributed by atoms with E-state index in [1.165, 1.54) is 29.6 Å². The van der Waals surface area contributed by atoms with Crippen LogP contribution in [0, 0.1) is 0 Å². The van der Waals surface area contributed by atoms with Crippen LogP contribution in [0.2, 0.25) is 0 Å². The van der Waals surface area contributed by atoms with E-state index in [2.05, 4.69) is 15.6 Å². The number of carbonyl (C=O) groups excluding carboxylic acids is 2. The maximum atomic E-state index is 12.8. The van der Waals surface area contributed by atoms with Crippen molar-refractivity contribution >= 4 is 39.6 Å². The number of furan rings is 1. The van der Waals surface area contributed by atoms with Crippen molar-refractivity contribution in [2.45, 2.75) is 13.5 Å². The quantitative estimate of drug-likeness (QED) is 0.456. The van der Waals surface area contributed by atoms with Gasteiger partial charge in [0.25, 0.3) is 5.91 Å². The number of benzene rings is 1. The lowest BCUT2D eigenvalue weighted by molar-refractivity contribution is -0.119. The van der Waals surface area contributed by atoms with Crippen LogP contribution in [-0.4, -0.2) is 16.8 Å². The summed E-state index contributed by atoms with van der Waals surface area (Å²) in [5, 5.41) is 9.78. The fraction of sp³-hybridized carbons (Fsp3) is 0.0952. The van der Waals surface area contributed by atoms with Gasteiger partial charge in [-0.05, 0) is 29.1 Å². The molecule has 0 aliphatic heterocycles. The Morgan fingerprint density at radius 2 is 1.90 bits per heavy atom. The zero-order chi connectivity index (χ0) is 20.2. The first-order chi connectivity index (χ1) is 14.1. The van der Waals surface area contributed by atoms with Gasteiger partial charge >= 0.3 is 0 Å². The van der Waals surface area contributed by atoms with Gasteiger partial charge in [0, 0.05) is 17.9 Å². The minimum absolute atomic E-state index is 0.120. The van der Waals surface area contributed by atoms with E-state index in [0.717, 1.165) is 11.1 Å². The maximum Gasteiger partial charge on any atom is 0.268 e. The number of amides is 2. The van der Waals surface area contributed by atoms with Crippen molar-refractivity contribution in [3.8, 4) is 22.6 Å². The summed E-state index contributed by atoms with van der Waals surface area (Å²) in [7, 11) is 0. The molecule has 146 valence electrons. The van der Waals surface area contributed by atoms with Crippen molar-refractivity contribution in [3.05, 3.63) is 69.9 Å². The van der Waals surface area contributed by atoms with Crippen molar-refractivity contribution in [2.75, 3.05) is 5.32 Å². The van der Waals surface area contributed by atoms with Crippen molar-refractivity contribution in [2.24, 2.45) is 0 Å². The van der Waals surface area contributed by atoms with E-state index in [4.69, 9.17) is 4.42 Å². The second-order valence-electron chi connectivity index (χ2n) is 6.20. The summed E-state index contributed by atoms with van der Waals surface area (Å²) < 4.78 is 5.71. The molecule has 0 unspecified atom stereocenters. The molecule has 0 spiro atoms. The third-order valence-electron chi connectivity index (χ3n) is 4.11. The third-order valence-corrected chi connectivity index (χ3v) is 5.78. The van der Waals surface area contributed by atoms with Gasteiger partial charge in [-0.15, -0.1) is 22.7 Å². The highest BCUT2D eigenvalue weighted by Crippen LogP contribution is 2.30. The van der Waals surface area contributed by atoms with Crippen LogP contribution in [0.25, 0.3) is 22.6 Å². The molecular weight excluding hydrogens is 406 g/mol. The lowest BCUT2D eigenvalue weighted by Gasteiger charge is -2.04. The largest absolute Gasteiger partial charge is 0.458 e. The summed E-state index contributed by atoms with van der Waals surface area (Å²) in [5.74, 6) is 0.915. The Morgan fingerprint density at radius 1 is 1.07 bits per heavy atom. The fourth-order valence-electron chi connectivity index (χ4n) is 2.75. The molecule has 0 saturated heterocycles. The minimum Gasteiger partial charge on any atom is -0.458 e. The monoisotopic (exact) mass is 423 g/mol. The van der Waals surface area contributed by atoms with Crippen LogP contribution < -0.4 is 10.6 Å². The lowest BCUT2D eigenvalue weighted by atomic mass is 10.1. The van der Waals surface area contributed by atoms with Crippen LogP contribution >= 0.6 is 22.7 Å². The lowest BCUT2D eigenvalue weighted by Crippen LogP contribution is -2.18. The number of hydrogen-bond donors (Lipinski definition) is 2. The number of carbonyl (C=O) groups is 2. The predicted octanol–water partition coefficient (Wildman–Crippen LogP) is 5.02. The number of anilines is 1. The first kappa shape index (κ1) is 19.1. The molecule has 3 heterocycles. The topological polar surface area (TPSA) is 84.2 Å². The molecule has 4 rings (SSSR count). The number of hydrogen-bond acceptors (Lipinski definition) is 6. The fourth-order valence-corrected chi connectivity index (χ4v) is 4.26.